The van der Waals surface area contributed by atoms with Crippen molar-refractivity contribution in [2.75, 3.05) is 26.2 Å². The van der Waals surface area contributed by atoms with Crippen LogP contribution in [0.2, 0.25) is 0 Å². The molecule has 1 heterocycles. The van der Waals surface area contributed by atoms with Crippen LogP contribution < -0.4 is 10.1 Å². The van der Waals surface area contributed by atoms with Crippen LogP contribution in [0.15, 0.2) is 48.5 Å². The third-order valence-corrected chi connectivity index (χ3v) is 4.76. The van der Waals surface area contributed by atoms with Crippen LogP contribution in [0.5, 0.6) is 5.75 Å². The van der Waals surface area contributed by atoms with Crippen molar-refractivity contribution in [3.05, 3.63) is 65.7 Å². The highest BCUT2D eigenvalue weighted by molar-refractivity contribution is 5.78. The molecular formula is C21H24F2N2O2. The van der Waals surface area contributed by atoms with Gasteiger partial charge in [-0.05, 0) is 67.9 Å². The Balaban J connectivity index is 1.33. The summed E-state index contributed by atoms with van der Waals surface area (Å²) in [5.41, 5.74) is 1.08. The fourth-order valence-corrected chi connectivity index (χ4v) is 3.22. The number of ether oxygens (including phenoxy) is 1. The van der Waals surface area contributed by atoms with Gasteiger partial charge in [-0.25, -0.2) is 8.78 Å². The number of rotatable bonds is 7. The van der Waals surface area contributed by atoms with Gasteiger partial charge in [-0.2, -0.15) is 0 Å². The van der Waals surface area contributed by atoms with Crippen molar-refractivity contribution >= 4 is 5.91 Å². The number of hydrogen-bond acceptors (Lipinski definition) is 3. The van der Waals surface area contributed by atoms with Crippen molar-refractivity contribution in [3.8, 4) is 5.75 Å². The minimum atomic E-state index is -0.304. The topological polar surface area (TPSA) is 41.6 Å². The molecule has 0 atom stereocenters. The number of benzene rings is 2. The molecule has 2 aromatic carbocycles. The maximum atomic E-state index is 13.0. The molecule has 1 N–H and O–H groups in total. The fourth-order valence-electron chi connectivity index (χ4n) is 3.22. The molecule has 0 radical (unpaired) electrons. The van der Waals surface area contributed by atoms with Gasteiger partial charge in [0.15, 0.2) is 0 Å². The summed E-state index contributed by atoms with van der Waals surface area (Å²) < 4.78 is 31.3. The average molecular weight is 374 g/mol. The summed E-state index contributed by atoms with van der Waals surface area (Å²) in [6, 6.07) is 12.4. The molecule has 1 fully saturated rings. The minimum Gasteiger partial charge on any atom is -0.492 e. The lowest BCUT2D eigenvalue weighted by atomic mass is 9.95. The molecule has 27 heavy (non-hydrogen) atoms. The first kappa shape index (κ1) is 19.3. The molecule has 1 amide bonds. The summed E-state index contributed by atoms with van der Waals surface area (Å²) in [4.78, 5) is 14.6. The Bertz CT molecular complexity index is 727. The Kier molecular flexibility index (Phi) is 6.76. The summed E-state index contributed by atoms with van der Waals surface area (Å²) in [6.07, 6.45) is 1.62. The molecule has 0 bridgehead atoms. The van der Waals surface area contributed by atoms with Crippen molar-refractivity contribution in [2.45, 2.75) is 19.4 Å². The first-order valence-electron chi connectivity index (χ1n) is 9.23. The number of nitrogens with one attached hydrogen (secondary N) is 1. The van der Waals surface area contributed by atoms with Crippen LogP contribution >= 0.6 is 0 Å². The fraction of sp³-hybridized carbons (Fsp3) is 0.381. The Morgan fingerprint density at radius 1 is 1.00 bits per heavy atom. The smallest absolute Gasteiger partial charge is 0.223 e. The zero-order valence-corrected chi connectivity index (χ0v) is 15.2. The molecule has 3 rings (SSSR count). The summed E-state index contributed by atoms with van der Waals surface area (Å²) in [6.45, 7) is 3.25. The van der Waals surface area contributed by atoms with Crippen molar-refractivity contribution in [1.82, 2.24) is 10.2 Å². The second-order valence-electron chi connectivity index (χ2n) is 6.77. The van der Waals surface area contributed by atoms with Gasteiger partial charge < -0.3 is 10.1 Å². The summed E-state index contributed by atoms with van der Waals surface area (Å²) >= 11 is 0. The highest BCUT2D eigenvalue weighted by atomic mass is 19.1. The van der Waals surface area contributed by atoms with Crippen molar-refractivity contribution in [3.63, 3.8) is 0 Å². The number of piperidine rings is 1. The molecule has 6 heteroatoms. The van der Waals surface area contributed by atoms with Crippen molar-refractivity contribution in [2.24, 2.45) is 5.92 Å². The van der Waals surface area contributed by atoms with E-state index >= 15 is 0 Å². The number of amides is 1. The molecule has 4 nitrogen and oxygen atoms in total. The monoisotopic (exact) mass is 374 g/mol. The van der Waals surface area contributed by atoms with E-state index in [-0.39, 0.29) is 23.5 Å². The van der Waals surface area contributed by atoms with E-state index in [1.165, 1.54) is 24.3 Å². The third kappa shape index (κ3) is 6.03. The molecule has 0 unspecified atom stereocenters. The summed E-state index contributed by atoms with van der Waals surface area (Å²) in [7, 11) is 0. The largest absolute Gasteiger partial charge is 0.492 e. The number of hydrogen-bond donors (Lipinski definition) is 1. The van der Waals surface area contributed by atoms with Crippen LogP contribution in [0.25, 0.3) is 0 Å². The van der Waals surface area contributed by atoms with E-state index in [1.54, 1.807) is 24.3 Å². The lowest BCUT2D eigenvalue weighted by molar-refractivity contribution is -0.126. The highest BCUT2D eigenvalue weighted by Crippen LogP contribution is 2.19. The summed E-state index contributed by atoms with van der Waals surface area (Å²) in [5.74, 6) is 0.123. The Morgan fingerprint density at radius 2 is 1.59 bits per heavy atom. The highest BCUT2D eigenvalue weighted by Gasteiger charge is 2.24. The third-order valence-electron chi connectivity index (χ3n) is 4.76. The standard InChI is InChI=1S/C21H24F2N2O2/c22-18-3-1-16(2-4-18)15-25-12-9-17(10-13-25)21(26)24-11-14-27-20-7-5-19(23)6-8-20/h1-8,17H,9-15H2,(H,24,26). The van der Waals surface area contributed by atoms with E-state index in [0.29, 0.717) is 18.9 Å². The Hall–Kier alpha value is -2.47. The number of halogens is 2. The van der Waals surface area contributed by atoms with E-state index in [0.717, 1.165) is 38.0 Å². The van der Waals surface area contributed by atoms with Crippen LogP contribution in [0.1, 0.15) is 18.4 Å². The van der Waals surface area contributed by atoms with Crippen molar-refractivity contribution in [1.29, 1.82) is 0 Å². The van der Waals surface area contributed by atoms with Crippen LogP contribution in [0, 0.1) is 17.6 Å². The average Bonchev–Trinajstić information content (AvgIpc) is 2.69. The lowest BCUT2D eigenvalue weighted by Crippen LogP contribution is -2.41. The molecule has 0 aliphatic carbocycles. The van der Waals surface area contributed by atoms with Gasteiger partial charge in [0.25, 0.3) is 0 Å². The number of likely N-dealkylation sites (tertiary alicyclic amines) is 1. The van der Waals surface area contributed by atoms with E-state index in [1.807, 2.05) is 0 Å². The normalized spacial score (nSPS) is 15.5. The number of carbonyl (C=O) groups excluding carboxylic acids is 1. The quantitative estimate of drug-likeness (QED) is 0.756. The van der Waals surface area contributed by atoms with Crippen LogP contribution in [-0.2, 0) is 11.3 Å². The summed E-state index contributed by atoms with van der Waals surface area (Å²) in [5, 5.41) is 2.91. The Morgan fingerprint density at radius 3 is 2.22 bits per heavy atom. The predicted molar refractivity (Wildman–Crippen MR) is 99.3 cm³/mol. The van der Waals surface area contributed by atoms with Gasteiger partial charge in [0.05, 0.1) is 6.54 Å². The van der Waals surface area contributed by atoms with Gasteiger partial charge in [0.1, 0.15) is 24.0 Å². The zero-order chi connectivity index (χ0) is 19.1. The minimum absolute atomic E-state index is 0.0142. The van der Waals surface area contributed by atoms with Crippen molar-refractivity contribution < 1.29 is 18.3 Å². The molecule has 144 valence electrons. The maximum Gasteiger partial charge on any atom is 0.223 e. The van der Waals surface area contributed by atoms with Gasteiger partial charge in [-0.1, -0.05) is 12.1 Å². The van der Waals surface area contributed by atoms with Gasteiger partial charge in [0.2, 0.25) is 5.91 Å². The SMILES string of the molecule is O=C(NCCOc1ccc(F)cc1)C1CCN(Cc2ccc(F)cc2)CC1. The van der Waals surface area contributed by atoms with E-state index < -0.39 is 0 Å². The van der Waals surface area contributed by atoms with Gasteiger partial charge in [-0.15, -0.1) is 0 Å². The van der Waals surface area contributed by atoms with E-state index in [9.17, 15) is 13.6 Å². The molecule has 0 aromatic heterocycles. The van der Waals surface area contributed by atoms with Crippen LogP contribution in [-0.4, -0.2) is 37.0 Å². The lowest BCUT2D eigenvalue weighted by Gasteiger charge is -2.31. The maximum absolute atomic E-state index is 13.0. The van der Waals surface area contributed by atoms with Gasteiger partial charge in [0, 0.05) is 12.5 Å². The first-order chi connectivity index (χ1) is 13.1. The predicted octanol–water partition coefficient (Wildman–Crippen LogP) is 3.37. The van der Waals surface area contributed by atoms with E-state index in [4.69, 9.17) is 4.74 Å². The van der Waals surface area contributed by atoms with E-state index in [2.05, 4.69) is 10.2 Å². The van der Waals surface area contributed by atoms with Gasteiger partial charge >= 0.3 is 0 Å². The molecular weight excluding hydrogens is 350 g/mol. The number of carbonyl (C=O) groups is 1. The van der Waals surface area contributed by atoms with Crippen LogP contribution in [0.3, 0.4) is 0 Å². The van der Waals surface area contributed by atoms with Crippen LogP contribution in [0.4, 0.5) is 8.78 Å². The second-order valence-corrected chi connectivity index (χ2v) is 6.77. The molecule has 1 saturated heterocycles. The zero-order valence-electron chi connectivity index (χ0n) is 15.2. The first-order valence-corrected chi connectivity index (χ1v) is 9.23. The molecule has 0 saturated carbocycles. The number of nitrogens with zero attached hydrogens (tertiary/aromatic N) is 1. The second kappa shape index (κ2) is 9.46. The molecule has 0 spiro atoms. The molecule has 2 aromatic rings. The van der Waals surface area contributed by atoms with Gasteiger partial charge in [-0.3, -0.25) is 9.69 Å². The Labute approximate surface area is 158 Å². The molecule has 1 aliphatic heterocycles. The molecule has 1 aliphatic rings.